The van der Waals surface area contributed by atoms with Crippen LogP contribution in [-0.4, -0.2) is 31.1 Å². The Bertz CT molecular complexity index is 106. The summed E-state index contributed by atoms with van der Waals surface area (Å²) in [5.74, 6) is 0. The minimum absolute atomic E-state index is 0.425. The van der Waals surface area contributed by atoms with Crippen molar-refractivity contribution in [3.05, 3.63) is 12.8 Å². The molecule has 0 aromatic heterocycles. The van der Waals surface area contributed by atoms with Crippen LogP contribution >= 0.6 is 0 Å². The highest BCUT2D eigenvalue weighted by molar-refractivity contribution is 4.71. The van der Waals surface area contributed by atoms with E-state index >= 15 is 0 Å². The number of likely N-dealkylation sites (tertiary alicyclic amines) is 1. The van der Waals surface area contributed by atoms with Gasteiger partial charge in [0.15, 0.2) is 0 Å². The second kappa shape index (κ2) is 3.62. The molecular formula is C8H15NO. The van der Waals surface area contributed by atoms with E-state index in [0.717, 1.165) is 25.9 Å². The van der Waals surface area contributed by atoms with Gasteiger partial charge in [-0.25, -0.2) is 0 Å². The smallest absolute Gasteiger partial charge is 0.100 e. The minimum atomic E-state index is 0.425. The lowest BCUT2D eigenvalue weighted by atomic mass is 10.1. The van der Waals surface area contributed by atoms with Gasteiger partial charge >= 0.3 is 0 Å². The molecule has 1 saturated heterocycles. The van der Waals surface area contributed by atoms with E-state index in [1.165, 1.54) is 0 Å². The summed E-state index contributed by atoms with van der Waals surface area (Å²) >= 11 is 0. The van der Waals surface area contributed by atoms with Gasteiger partial charge in [0, 0.05) is 13.1 Å². The number of hydrogen-bond acceptors (Lipinski definition) is 2. The molecule has 0 amide bonds. The topological polar surface area (TPSA) is 12.5 Å². The lowest BCUT2D eigenvalue weighted by molar-refractivity contribution is 0.0773. The Morgan fingerprint density at radius 3 is 2.60 bits per heavy atom. The van der Waals surface area contributed by atoms with Crippen LogP contribution in [0.3, 0.4) is 0 Å². The van der Waals surface area contributed by atoms with E-state index in [-0.39, 0.29) is 0 Å². The zero-order chi connectivity index (χ0) is 7.40. The third-order valence-electron chi connectivity index (χ3n) is 1.95. The first-order valence-corrected chi connectivity index (χ1v) is 3.78. The maximum atomic E-state index is 5.27. The number of rotatable bonds is 2. The SMILES string of the molecule is C=COC1CCN(C)CC1. The fraction of sp³-hybridized carbons (Fsp3) is 0.750. The van der Waals surface area contributed by atoms with Crippen LogP contribution in [0.15, 0.2) is 12.8 Å². The van der Waals surface area contributed by atoms with E-state index in [1.807, 2.05) is 0 Å². The Labute approximate surface area is 62.5 Å². The molecule has 0 aliphatic carbocycles. The summed E-state index contributed by atoms with van der Waals surface area (Å²) < 4.78 is 5.27. The van der Waals surface area contributed by atoms with Crippen LogP contribution in [0.25, 0.3) is 0 Å². The van der Waals surface area contributed by atoms with Gasteiger partial charge in [0.1, 0.15) is 6.10 Å². The lowest BCUT2D eigenvalue weighted by Crippen LogP contribution is -2.33. The molecule has 1 fully saturated rings. The molecule has 0 bridgehead atoms. The second-order valence-electron chi connectivity index (χ2n) is 2.81. The molecule has 1 aliphatic rings. The number of ether oxygens (including phenoxy) is 1. The first-order valence-electron chi connectivity index (χ1n) is 3.78. The van der Waals surface area contributed by atoms with Crippen LogP contribution in [0.5, 0.6) is 0 Å². The molecule has 1 aliphatic heterocycles. The van der Waals surface area contributed by atoms with Crippen LogP contribution in [-0.2, 0) is 4.74 Å². The zero-order valence-electron chi connectivity index (χ0n) is 6.55. The highest BCUT2D eigenvalue weighted by Crippen LogP contribution is 2.11. The van der Waals surface area contributed by atoms with Crippen molar-refractivity contribution in [3.8, 4) is 0 Å². The van der Waals surface area contributed by atoms with E-state index in [0.29, 0.717) is 6.10 Å². The van der Waals surface area contributed by atoms with E-state index in [1.54, 1.807) is 6.26 Å². The first-order chi connectivity index (χ1) is 4.83. The van der Waals surface area contributed by atoms with Crippen molar-refractivity contribution in [2.75, 3.05) is 20.1 Å². The first kappa shape index (κ1) is 7.61. The summed E-state index contributed by atoms with van der Waals surface area (Å²) in [5, 5.41) is 0. The summed E-state index contributed by atoms with van der Waals surface area (Å²) in [6.07, 6.45) is 4.26. The molecule has 0 spiro atoms. The average molecular weight is 141 g/mol. The summed E-state index contributed by atoms with van der Waals surface area (Å²) in [5.41, 5.74) is 0. The molecule has 0 aromatic rings. The van der Waals surface area contributed by atoms with Crippen molar-refractivity contribution in [3.63, 3.8) is 0 Å². The number of piperidine rings is 1. The molecule has 0 aromatic carbocycles. The van der Waals surface area contributed by atoms with Gasteiger partial charge in [-0.2, -0.15) is 0 Å². The van der Waals surface area contributed by atoms with E-state index < -0.39 is 0 Å². The predicted octanol–water partition coefficient (Wildman–Crippen LogP) is 1.24. The highest BCUT2D eigenvalue weighted by Gasteiger charge is 2.15. The fourth-order valence-electron chi connectivity index (χ4n) is 1.26. The van der Waals surface area contributed by atoms with E-state index in [9.17, 15) is 0 Å². The monoisotopic (exact) mass is 141 g/mol. The summed E-state index contributed by atoms with van der Waals surface area (Å²) in [7, 11) is 2.14. The Morgan fingerprint density at radius 2 is 2.10 bits per heavy atom. The molecule has 0 saturated carbocycles. The summed E-state index contributed by atoms with van der Waals surface area (Å²) in [6, 6.07) is 0. The third kappa shape index (κ3) is 2.03. The molecular weight excluding hydrogens is 126 g/mol. The Hall–Kier alpha value is -0.500. The molecule has 0 unspecified atom stereocenters. The number of nitrogens with zero attached hydrogens (tertiary/aromatic N) is 1. The Balaban J connectivity index is 2.19. The largest absolute Gasteiger partial charge is 0.499 e. The molecule has 58 valence electrons. The van der Waals surface area contributed by atoms with Gasteiger partial charge in [-0.1, -0.05) is 6.58 Å². The fourth-order valence-corrected chi connectivity index (χ4v) is 1.26. The summed E-state index contributed by atoms with van der Waals surface area (Å²) in [4.78, 5) is 2.32. The van der Waals surface area contributed by atoms with Crippen molar-refractivity contribution in [2.24, 2.45) is 0 Å². The average Bonchev–Trinajstić information content (AvgIpc) is 1.95. The predicted molar refractivity (Wildman–Crippen MR) is 41.8 cm³/mol. The van der Waals surface area contributed by atoms with Crippen molar-refractivity contribution in [2.45, 2.75) is 18.9 Å². The molecule has 2 nitrogen and oxygen atoms in total. The van der Waals surface area contributed by atoms with Crippen LogP contribution in [0.1, 0.15) is 12.8 Å². The molecule has 0 atom stereocenters. The molecule has 2 heteroatoms. The molecule has 10 heavy (non-hydrogen) atoms. The van der Waals surface area contributed by atoms with Crippen LogP contribution in [0, 0.1) is 0 Å². The van der Waals surface area contributed by atoms with Crippen LogP contribution in [0.2, 0.25) is 0 Å². The van der Waals surface area contributed by atoms with Gasteiger partial charge in [-0.05, 0) is 19.9 Å². The van der Waals surface area contributed by atoms with Crippen molar-refractivity contribution < 1.29 is 4.74 Å². The molecule has 1 heterocycles. The van der Waals surface area contributed by atoms with Crippen molar-refractivity contribution >= 4 is 0 Å². The van der Waals surface area contributed by atoms with Gasteiger partial charge in [0.05, 0.1) is 6.26 Å². The van der Waals surface area contributed by atoms with Gasteiger partial charge in [0.2, 0.25) is 0 Å². The van der Waals surface area contributed by atoms with Crippen LogP contribution in [0.4, 0.5) is 0 Å². The molecule has 1 rings (SSSR count). The van der Waals surface area contributed by atoms with E-state index in [2.05, 4.69) is 18.5 Å². The third-order valence-corrected chi connectivity index (χ3v) is 1.95. The minimum Gasteiger partial charge on any atom is -0.499 e. The van der Waals surface area contributed by atoms with Crippen molar-refractivity contribution in [1.82, 2.24) is 4.90 Å². The standard InChI is InChI=1S/C8H15NO/c1-3-10-8-4-6-9(2)7-5-8/h3,8H,1,4-7H2,2H3. The Kier molecular flexibility index (Phi) is 2.75. The number of hydrogen-bond donors (Lipinski definition) is 0. The molecule has 0 radical (unpaired) electrons. The quantitative estimate of drug-likeness (QED) is 0.536. The van der Waals surface area contributed by atoms with Crippen LogP contribution < -0.4 is 0 Å². The summed E-state index contributed by atoms with van der Waals surface area (Å²) in [6.45, 7) is 5.84. The van der Waals surface area contributed by atoms with E-state index in [4.69, 9.17) is 4.74 Å². The van der Waals surface area contributed by atoms with Gasteiger partial charge in [-0.15, -0.1) is 0 Å². The highest BCUT2D eigenvalue weighted by atomic mass is 16.5. The second-order valence-corrected chi connectivity index (χ2v) is 2.81. The van der Waals surface area contributed by atoms with Gasteiger partial charge < -0.3 is 9.64 Å². The maximum Gasteiger partial charge on any atom is 0.100 e. The van der Waals surface area contributed by atoms with Gasteiger partial charge in [0.25, 0.3) is 0 Å². The lowest BCUT2D eigenvalue weighted by Gasteiger charge is -2.28. The maximum absolute atomic E-state index is 5.27. The van der Waals surface area contributed by atoms with Crippen molar-refractivity contribution in [1.29, 1.82) is 0 Å². The Morgan fingerprint density at radius 1 is 1.50 bits per heavy atom. The van der Waals surface area contributed by atoms with Gasteiger partial charge in [-0.3, -0.25) is 0 Å². The normalized spacial score (nSPS) is 22.5. The zero-order valence-corrected chi connectivity index (χ0v) is 6.55. The molecule has 0 N–H and O–H groups in total.